The molecule has 0 aliphatic carbocycles. The fraction of sp³-hybridized carbons (Fsp3) is 0.429. The van der Waals surface area contributed by atoms with Crippen LogP contribution in [0.5, 0.6) is 0 Å². The second-order valence-electron chi connectivity index (χ2n) is 4.51. The molecule has 0 aliphatic rings. The number of halogens is 1. The van der Waals surface area contributed by atoms with Crippen molar-refractivity contribution in [2.24, 2.45) is 0 Å². The summed E-state index contributed by atoms with van der Waals surface area (Å²) < 4.78 is 18.5. The maximum Gasteiger partial charge on any atom is 0.340 e. The molecule has 0 heterocycles. The van der Waals surface area contributed by atoms with Crippen LogP contribution in [0.3, 0.4) is 0 Å². The maximum atomic E-state index is 13.5. The van der Waals surface area contributed by atoms with E-state index in [1.165, 1.54) is 19.2 Å². The summed E-state index contributed by atoms with van der Waals surface area (Å²) in [5.41, 5.74) is -0.654. The molecule has 6 nitrogen and oxygen atoms in total. The third kappa shape index (κ3) is 5.03. The largest absolute Gasteiger partial charge is 0.478 e. The number of methoxy groups -OCH3 is 1. The molecule has 0 fully saturated rings. The van der Waals surface area contributed by atoms with Crippen LogP contribution in [-0.2, 0) is 4.74 Å². The number of carbonyl (C=O) groups is 2. The molecule has 1 unspecified atom stereocenters. The lowest BCUT2D eigenvalue weighted by atomic mass is 10.1. The van der Waals surface area contributed by atoms with Crippen molar-refractivity contribution < 1.29 is 23.8 Å². The van der Waals surface area contributed by atoms with Crippen LogP contribution in [0.2, 0.25) is 0 Å². The standard InChI is InChI=1S/C14H19FN2O4/c1-3-5-9(8-21-2)16-14(20)17-11-7-4-6-10(15)12(11)13(18)19/h4,6-7,9H,3,5,8H2,1-2H3,(H,18,19)(H2,16,17,20). The SMILES string of the molecule is CCCC(COC)NC(=O)Nc1cccc(F)c1C(=O)O. The summed E-state index contributed by atoms with van der Waals surface area (Å²) in [6.45, 7) is 2.31. The summed E-state index contributed by atoms with van der Waals surface area (Å²) in [6, 6.07) is 2.89. The van der Waals surface area contributed by atoms with Gasteiger partial charge in [0.15, 0.2) is 0 Å². The average Bonchev–Trinajstić information content (AvgIpc) is 2.38. The van der Waals surface area contributed by atoms with Gasteiger partial charge in [0, 0.05) is 7.11 Å². The van der Waals surface area contributed by atoms with Crippen LogP contribution in [0.25, 0.3) is 0 Å². The van der Waals surface area contributed by atoms with Gasteiger partial charge in [-0.15, -0.1) is 0 Å². The Morgan fingerprint density at radius 3 is 2.71 bits per heavy atom. The summed E-state index contributed by atoms with van der Waals surface area (Å²) in [6.07, 6.45) is 1.57. The van der Waals surface area contributed by atoms with Gasteiger partial charge in [0.05, 0.1) is 18.3 Å². The van der Waals surface area contributed by atoms with Crippen molar-refractivity contribution in [1.29, 1.82) is 0 Å². The molecule has 0 radical (unpaired) electrons. The number of urea groups is 1. The van der Waals surface area contributed by atoms with Crippen LogP contribution in [-0.4, -0.2) is 36.9 Å². The highest BCUT2D eigenvalue weighted by atomic mass is 19.1. The summed E-state index contributed by atoms with van der Waals surface area (Å²) in [7, 11) is 1.53. The Bertz CT molecular complexity index is 502. The number of nitrogens with one attached hydrogen (secondary N) is 2. The molecule has 1 rings (SSSR count). The number of rotatable bonds is 7. The Morgan fingerprint density at radius 1 is 1.43 bits per heavy atom. The fourth-order valence-electron chi connectivity index (χ4n) is 1.94. The third-order valence-corrected chi connectivity index (χ3v) is 2.82. The molecule has 1 aromatic rings. The van der Waals surface area contributed by atoms with E-state index in [-0.39, 0.29) is 11.7 Å². The molecule has 0 bridgehead atoms. The minimum Gasteiger partial charge on any atom is -0.478 e. The van der Waals surface area contributed by atoms with Crippen LogP contribution in [0.4, 0.5) is 14.9 Å². The number of amides is 2. The van der Waals surface area contributed by atoms with Crippen molar-refractivity contribution >= 4 is 17.7 Å². The number of hydrogen-bond acceptors (Lipinski definition) is 3. The third-order valence-electron chi connectivity index (χ3n) is 2.82. The molecule has 0 saturated carbocycles. The first-order valence-corrected chi connectivity index (χ1v) is 6.57. The number of hydrogen-bond donors (Lipinski definition) is 3. The first kappa shape index (κ1) is 16.9. The lowest BCUT2D eigenvalue weighted by Gasteiger charge is -2.18. The molecule has 0 spiro atoms. The van der Waals surface area contributed by atoms with Gasteiger partial charge >= 0.3 is 12.0 Å². The second kappa shape index (κ2) is 8.21. The van der Waals surface area contributed by atoms with Crippen molar-refractivity contribution in [3.63, 3.8) is 0 Å². The number of benzene rings is 1. The Balaban J connectivity index is 2.79. The highest BCUT2D eigenvalue weighted by Gasteiger charge is 2.18. The molecule has 1 aromatic carbocycles. The smallest absolute Gasteiger partial charge is 0.340 e. The van der Waals surface area contributed by atoms with E-state index in [1.807, 2.05) is 6.92 Å². The monoisotopic (exact) mass is 298 g/mol. The molecule has 0 saturated heterocycles. The number of aromatic carboxylic acids is 1. The zero-order chi connectivity index (χ0) is 15.8. The van der Waals surface area contributed by atoms with E-state index in [1.54, 1.807) is 0 Å². The molecule has 7 heteroatoms. The van der Waals surface area contributed by atoms with Gasteiger partial charge < -0.3 is 20.5 Å². The number of ether oxygens (including phenoxy) is 1. The number of carbonyl (C=O) groups excluding carboxylic acids is 1. The van der Waals surface area contributed by atoms with Gasteiger partial charge in [-0.3, -0.25) is 0 Å². The van der Waals surface area contributed by atoms with E-state index in [0.29, 0.717) is 6.61 Å². The van der Waals surface area contributed by atoms with Crippen molar-refractivity contribution in [2.75, 3.05) is 19.0 Å². The average molecular weight is 298 g/mol. The highest BCUT2D eigenvalue weighted by Crippen LogP contribution is 2.18. The van der Waals surface area contributed by atoms with Crippen molar-refractivity contribution in [1.82, 2.24) is 5.32 Å². The van der Waals surface area contributed by atoms with Gasteiger partial charge in [0.25, 0.3) is 0 Å². The van der Waals surface area contributed by atoms with Crippen LogP contribution in [0, 0.1) is 5.82 Å². The molecule has 0 aliphatic heterocycles. The molecule has 2 amide bonds. The first-order chi connectivity index (χ1) is 9.99. The Hall–Kier alpha value is -2.15. The second-order valence-corrected chi connectivity index (χ2v) is 4.51. The molecule has 21 heavy (non-hydrogen) atoms. The maximum absolute atomic E-state index is 13.5. The summed E-state index contributed by atoms with van der Waals surface area (Å²) >= 11 is 0. The van der Waals surface area contributed by atoms with Crippen LogP contribution < -0.4 is 10.6 Å². The van der Waals surface area contributed by atoms with Gasteiger partial charge in [-0.25, -0.2) is 14.0 Å². The normalized spacial score (nSPS) is 11.8. The molecular weight excluding hydrogens is 279 g/mol. The minimum absolute atomic E-state index is 0.0901. The molecule has 3 N–H and O–H groups in total. The lowest BCUT2D eigenvalue weighted by Crippen LogP contribution is -2.40. The number of anilines is 1. The summed E-state index contributed by atoms with van der Waals surface area (Å²) in [4.78, 5) is 22.9. The fourth-order valence-corrected chi connectivity index (χ4v) is 1.94. The van der Waals surface area contributed by atoms with Crippen LogP contribution >= 0.6 is 0 Å². The number of carboxylic acids is 1. The van der Waals surface area contributed by atoms with E-state index < -0.39 is 23.4 Å². The van der Waals surface area contributed by atoms with E-state index in [9.17, 15) is 14.0 Å². The van der Waals surface area contributed by atoms with Crippen LogP contribution in [0.15, 0.2) is 18.2 Å². The van der Waals surface area contributed by atoms with Crippen molar-refractivity contribution in [3.8, 4) is 0 Å². The summed E-state index contributed by atoms with van der Waals surface area (Å²) in [5.74, 6) is -2.34. The quantitative estimate of drug-likeness (QED) is 0.721. The van der Waals surface area contributed by atoms with E-state index >= 15 is 0 Å². The zero-order valence-electron chi connectivity index (χ0n) is 12.0. The predicted octanol–water partition coefficient (Wildman–Crippen LogP) is 2.46. The Labute approximate surface area is 122 Å². The zero-order valence-corrected chi connectivity index (χ0v) is 12.0. The highest BCUT2D eigenvalue weighted by molar-refractivity contribution is 6.00. The van der Waals surface area contributed by atoms with Gasteiger partial charge in [-0.05, 0) is 18.6 Å². The predicted molar refractivity (Wildman–Crippen MR) is 76.1 cm³/mol. The number of carboxylic acid groups (broad SMARTS) is 1. The van der Waals surface area contributed by atoms with Crippen LogP contribution in [0.1, 0.15) is 30.1 Å². The van der Waals surface area contributed by atoms with Crippen molar-refractivity contribution in [2.45, 2.75) is 25.8 Å². The van der Waals surface area contributed by atoms with Crippen molar-refractivity contribution in [3.05, 3.63) is 29.6 Å². The van der Waals surface area contributed by atoms with Gasteiger partial charge in [0.1, 0.15) is 11.4 Å². The van der Waals surface area contributed by atoms with Gasteiger partial charge in [0.2, 0.25) is 0 Å². The molecule has 0 aromatic heterocycles. The first-order valence-electron chi connectivity index (χ1n) is 6.57. The Morgan fingerprint density at radius 2 is 2.14 bits per heavy atom. The summed E-state index contributed by atoms with van der Waals surface area (Å²) in [5, 5.41) is 14.0. The topological polar surface area (TPSA) is 87.7 Å². The van der Waals surface area contributed by atoms with Gasteiger partial charge in [-0.1, -0.05) is 19.4 Å². The molecule has 1 atom stereocenters. The molecular formula is C14H19FN2O4. The van der Waals surface area contributed by atoms with Gasteiger partial charge in [-0.2, -0.15) is 0 Å². The van der Waals surface area contributed by atoms with E-state index in [2.05, 4.69) is 10.6 Å². The Kier molecular flexibility index (Phi) is 6.61. The van der Waals surface area contributed by atoms with E-state index in [4.69, 9.17) is 9.84 Å². The lowest BCUT2D eigenvalue weighted by molar-refractivity contribution is 0.0693. The molecule has 116 valence electrons. The van der Waals surface area contributed by atoms with E-state index in [0.717, 1.165) is 18.9 Å². The minimum atomic E-state index is -1.44.